The summed E-state index contributed by atoms with van der Waals surface area (Å²) in [6.45, 7) is 0.00201. The number of halogens is 1. The van der Waals surface area contributed by atoms with Gasteiger partial charge in [-0.3, -0.25) is 4.79 Å². The average Bonchev–Trinajstić information content (AvgIpc) is 2.54. The number of guanidine groups is 1. The zero-order valence-corrected chi connectivity index (χ0v) is 13.9. The SMILES string of the molecule is CN1COC(C(=O)CCCCc2ccc(Cl)cc2)=NC1=N[N+](=O)[O-]. The fourth-order valence-corrected chi connectivity index (χ4v) is 2.24. The van der Waals surface area contributed by atoms with Gasteiger partial charge in [0, 0.05) is 18.5 Å². The second-order valence-electron chi connectivity index (χ2n) is 5.28. The Labute approximate surface area is 143 Å². The molecule has 1 aromatic rings. The number of aliphatic imine (C=N–C) groups is 1. The van der Waals surface area contributed by atoms with Crippen molar-refractivity contribution in [3.63, 3.8) is 0 Å². The molecule has 0 radical (unpaired) electrons. The van der Waals surface area contributed by atoms with Gasteiger partial charge in [0.1, 0.15) is 5.10 Å². The second kappa shape index (κ2) is 8.39. The Bertz CT molecular complexity index is 673. The molecule has 0 aliphatic carbocycles. The van der Waals surface area contributed by atoms with Gasteiger partial charge in [-0.05, 0) is 37.0 Å². The Kier molecular flexibility index (Phi) is 6.25. The zero-order chi connectivity index (χ0) is 17.5. The van der Waals surface area contributed by atoms with Crippen LogP contribution in [0.4, 0.5) is 0 Å². The van der Waals surface area contributed by atoms with Crippen LogP contribution in [-0.4, -0.2) is 41.4 Å². The molecule has 0 N–H and O–H groups in total. The van der Waals surface area contributed by atoms with Crippen molar-refractivity contribution in [1.29, 1.82) is 0 Å². The van der Waals surface area contributed by atoms with Gasteiger partial charge in [-0.2, -0.15) is 4.99 Å². The third-order valence-electron chi connectivity index (χ3n) is 3.38. The predicted molar refractivity (Wildman–Crippen MR) is 89.6 cm³/mol. The zero-order valence-electron chi connectivity index (χ0n) is 13.1. The van der Waals surface area contributed by atoms with E-state index >= 15 is 0 Å². The molecule has 1 heterocycles. The van der Waals surface area contributed by atoms with Crippen molar-refractivity contribution in [3.8, 4) is 0 Å². The summed E-state index contributed by atoms with van der Waals surface area (Å²) in [6, 6.07) is 7.57. The van der Waals surface area contributed by atoms with Gasteiger partial charge in [-0.15, -0.1) is 0 Å². The summed E-state index contributed by atoms with van der Waals surface area (Å²) in [6.07, 6.45) is 2.61. The Hall–Kier alpha value is -2.48. The minimum absolute atomic E-state index is 0.00201. The lowest BCUT2D eigenvalue weighted by atomic mass is 10.1. The molecule has 0 unspecified atom stereocenters. The maximum Gasteiger partial charge on any atom is 0.303 e. The van der Waals surface area contributed by atoms with Gasteiger partial charge >= 0.3 is 5.96 Å². The maximum atomic E-state index is 12.1. The van der Waals surface area contributed by atoms with Crippen LogP contribution in [0.15, 0.2) is 34.4 Å². The third-order valence-corrected chi connectivity index (χ3v) is 3.63. The van der Waals surface area contributed by atoms with E-state index in [1.165, 1.54) is 4.90 Å². The lowest BCUT2D eigenvalue weighted by molar-refractivity contribution is -0.485. The van der Waals surface area contributed by atoms with Crippen LogP contribution in [0.5, 0.6) is 0 Å². The van der Waals surface area contributed by atoms with Gasteiger partial charge in [0.05, 0.1) is 0 Å². The number of Topliss-reactive ketones (excluding diaryl/α,β-unsaturated/α-hetero) is 1. The number of hydrogen-bond acceptors (Lipinski definition) is 4. The predicted octanol–water partition coefficient (Wildman–Crippen LogP) is 2.49. The van der Waals surface area contributed by atoms with Crippen LogP contribution in [0.2, 0.25) is 5.02 Å². The molecule has 0 spiro atoms. The van der Waals surface area contributed by atoms with E-state index in [-0.39, 0.29) is 30.8 Å². The highest BCUT2D eigenvalue weighted by Gasteiger charge is 2.23. The second-order valence-corrected chi connectivity index (χ2v) is 5.72. The number of nitro groups is 1. The van der Waals surface area contributed by atoms with Crippen LogP contribution >= 0.6 is 11.6 Å². The van der Waals surface area contributed by atoms with Gasteiger partial charge in [-0.25, -0.2) is 10.1 Å². The largest absolute Gasteiger partial charge is 0.454 e. The quantitative estimate of drug-likeness (QED) is 0.426. The lowest BCUT2D eigenvalue weighted by Gasteiger charge is -2.22. The van der Waals surface area contributed by atoms with Crippen molar-refractivity contribution in [1.82, 2.24) is 4.90 Å². The number of unbranched alkanes of at least 4 members (excludes halogenated alkanes) is 1. The summed E-state index contributed by atoms with van der Waals surface area (Å²) in [5.74, 6) is -0.550. The Morgan fingerprint density at radius 1 is 1.42 bits per heavy atom. The summed E-state index contributed by atoms with van der Waals surface area (Å²) >= 11 is 5.83. The number of hydrazone groups is 1. The van der Waals surface area contributed by atoms with Crippen molar-refractivity contribution in [2.24, 2.45) is 10.1 Å². The van der Waals surface area contributed by atoms with Gasteiger partial charge in [0.15, 0.2) is 11.8 Å². The number of ketones is 1. The fourth-order valence-electron chi connectivity index (χ4n) is 2.11. The molecule has 0 fully saturated rings. The first-order chi connectivity index (χ1) is 11.5. The molecule has 1 aromatic carbocycles. The molecule has 24 heavy (non-hydrogen) atoms. The molecule has 1 aliphatic heterocycles. The molecule has 0 saturated heterocycles. The van der Waals surface area contributed by atoms with E-state index in [9.17, 15) is 14.9 Å². The molecule has 9 heteroatoms. The van der Waals surface area contributed by atoms with E-state index in [1.807, 2.05) is 24.3 Å². The molecule has 0 aromatic heterocycles. The fraction of sp³-hybridized carbons (Fsp3) is 0.400. The van der Waals surface area contributed by atoms with Crippen molar-refractivity contribution < 1.29 is 14.6 Å². The van der Waals surface area contributed by atoms with Crippen molar-refractivity contribution >= 4 is 29.2 Å². The molecule has 0 bridgehead atoms. The summed E-state index contributed by atoms with van der Waals surface area (Å²) in [7, 11) is 1.54. The number of nitrogens with zero attached hydrogens (tertiary/aromatic N) is 4. The Morgan fingerprint density at radius 3 is 2.79 bits per heavy atom. The van der Waals surface area contributed by atoms with Crippen LogP contribution < -0.4 is 0 Å². The molecule has 1 aliphatic rings. The van der Waals surface area contributed by atoms with Crippen molar-refractivity contribution in [2.75, 3.05) is 13.8 Å². The van der Waals surface area contributed by atoms with E-state index in [0.717, 1.165) is 18.4 Å². The first-order valence-electron chi connectivity index (χ1n) is 7.39. The molecule has 8 nitrogen and oxygen atoms in total. The van der Waals surface area contributed by atoms with Crippen molar-refractivity contribution in [2.45, 2.75) is 25.7 Å². The summed E-state index contributed by atoms with van der Waals surface area (Å²) in [4.78, 5) is 27.7. The number of hydrogen-bond donors (Lipinski definition) is 0. The van der Waals surface area contributed by atoms with Crippen LogP contribution in [0.1, 0.15) is 24.8 Å². The molecule has 0 saturated carbocycles. The third kappa shape index (κ3) is 5.31. The van der Waals surface area contributed by atoms with Gasteiger partial charge in [0.25, 0.3) is 5.90 Å². The van der Waals surface area contributed by atoms with E-state index < -0.39 is 5.03 Å². The highest BCUT2D eigenvalue weighted by Crippen LogP contribution is 2.13. The summed E-state index contributed by atoms with van der Waals surface area (Å²) < 4.78 is 5.20. The minimum Gasteiger partial charge on any atom is -0.454 e. The number of rotatable bonds is 7. The van der Waals surface area contributed by atoms with E-state index in [2.05, 4.69) is 10.1 Å². The van der Waals surface area contributed by atoms with Crippen LogP contribution in [0, 0.1) is 10.1 Å². The highest BCUT2D eigenvalue weighted by atomic mass is 35.5. The number of carbonyl (C=O) groups is 1. The molecule has 128 valence electrons. The normalized spacial score (nSPS) is 15.8. The van der Waals surface area contributed by atoms with E-state index in [4.69, 9.17) is 16.3 Å². The number of aryl methyl sites for hydroxylation is 1. The molecular weight excluding hydrogens is 336 g/mol. The smallest absolute Gasteiger partial charge is 0.303 e. The number of ether oxygens (including phenoxy) is 1. The standard InChI is InChI=1S/C15H17ClN4O4/c1-19-10-24-14(17-15(19)18-20(22)23)13(21)5-3-2-4-11-6-8-12(16)9-7-11/h6-9H,2-5,10H2,1H3. The average molecular weight is 353 g/mol. The molecule has 0 atom stereocenters. The monoisotopic (exact) mass is 352 g/mol. The van der Waals surface area contributed by atoms with Crippen LogP contribution in [-0.2, 0) is 16.0 Å². The first kappa shape index (κ1) is 17.9. The first-order valence-corrected chi connectivity index (χ1v) is 7.77. The van der Waals surface area contributed by atoms with Gasteiger partial charge in [0.2, 0.25) is 5.78 Å². The van der Waals surface area contributed by atoms with E-state index in [0.29, 0.717) is 11.4 Å². The number of carbonyl (C=O) groups excluding carboxylic acids is 1. The molecule has 2 rings (SSSR count). The highest BCUT2D eigenvalue weighted by molar-refractivity contribution is 6.38. The van der Waals surface area contributed by atoms with Gasteiger partial charge < -0.3 is 9.64 Å². The maximum absolute atomic E-state index is 12.1. The summed E-state index contributed by atoms with van der Waals surface area (Å²) in [5, 5.41) is 13.4. The number of benzene rings is 1. The van der Waals surface area contributed by atoms with Crippen LogP contribution in [0.3, 0.4) is 0 Å². The topological polar surface area (TPSA) is 97.4 Å². The molecule has 0 amide bonds. The van der Waals surface area contributed by atoms with E-state index in [1.54, 1.807) is 7.05 Å². The van der Waals surface area contributed by atoms with Crippen molar-refractivity contribution in [3.05, 3.63) is 45.0 Å². The minimum atomic E-state index is -0.852. The van der Waals surface area contributed by atoms with Crippen LogP contribution in [0.25, 0.3) is 0 Å². The Morgan fingerprint density at radius 2 is 2.12 bits per heavy atom. The van der Waals surface area contributed by atoms with Gasteiger partial charge in [-0.1, -0.05) is 23.7 Å². The summed E-state index contributed by atoms with van der Waals surface area (Å²) in [5.41, 5.74) is 1.15. The molecular formula is C15H17ClN4O4. The Balaban J connectivity index is 1.83. The lowest BCUT2D eigenvalue weighted by Crippen LogP contribution is -2.38.